The van der Waals surface area contributed by atoms with Crippen LogP contribution in [0.3, 0.4) is 0 Å². The molecule has 1 aromatic heterocycles. The summed E-state index contributed by atoms with van der Waals surface area (Å²) in [7, 11) is -1.02. The lowest BCUT2D eigenvalue weighted by atomic mass is 10.1. The van der Waals surface area contributed by atoms with Gasteiger partial charge in [-0.2, -0.15) is 0 Å². The highest BCUT2D eigenvalue weighted by Crippen LogP contribution is 2.25. The third kappa shape index (κ3) is 2.93. The van der Waals surface area contributed by atoms with Gasteiger partial charge in [0, 0.05) is 38.2 Å². The summed E-state index contributed by atoms with van der Waals surface area (Å²) in [6.07, 6.45) is 4.05. The number of halogens is 2. The third-order valence-electron chi connectivity index (χ3n) is 2.91. The molecular formula is C11H16F2N2OS. The lowest BCUT2D eigenvalue weighted by Gasteiger charge is -2.29. The molecule has 0 saturated carbocycles. The van der Waals surface area contributed by atoms with Gasteiger partial charge in [0.1, 0.15) is 0 Å². The summed E-state index contributed by atoms with van der Waals surface area (Å²) in [4.78, 5) is 5.58. The maximum atomic E-state index is 12.9. The van der Waals surface area contributed by atoms with Crippen LogP contribution < -0.4 is 0 Å². The molecular weight excluding hydrogens is 246 g/mol. The molecule has 0 amide bonds. The highest BCUT2D eigenvalue weighted by atomic mass is 32.2. The zero-order valence-electron chi connectivity index (χ0n) is 9.93. The second-order valence-corrected chi connectivity index (χ2v) is 5.94. The van der Waals surface area contributed by atoms with E-state index in [1.54, 1.807) is 17.4 Å². The van der Waals surface area contributed by atoms with Crippen molar-refractivity contribution < 1.29 is 13.0 Å². The largest absolute Gasteiger partial charge is 0.363 e. The maximum absolute atomic E-state index is 12.9. The molecule has 0 spiro atoms. The van der Waals surface area contributed by atoms with Crippen LogP contribution in [0.25, 0.3) is 0 Å². The lowest BCUT2D eigenvalue weighted by Crippen LogP contribution is -2.38. The molecule has 2 rings (SSSR count). The minimum absolute atomic E-state index is 0.226. The van der Waals surface area contributed by atoms with Crippen LogP contribution in [0.1, 0.15) is 18.2 Å². The molecule has 1 atom stereocenters. The van der Waals surface area contributed by atoms with Crippen LogP contribution >= 0.6 is 0 Å². The predicted octanol–water partition coefficient (Wildman–Crippen LogP) is 1.77. The Bertz CT molecular complexity index is 439. The molecule has 0 radical (unpaired) electrons. The highest BCUT2D eigenvalue weighted by Gasteiger charge is 2.29. The number of alkyl halides is 2. The number of H-pyrrole nitrogens is 1. The topological polar surface area (TPSA) is 36.1 Å². The number of nitrogens with zero attached hydrogens (tertiary/aromatic N) is 1. The molecule has 3 nitrogen and oxygen atoms in total. The first-order valence-corrected chi connectivity index (χ1v) is 7.05. The highest BCUT2D eigenvalue weighted by molar-refractivity contribution is 7.84. The standard InChI is InChI=1S/C11H16F2N2OS/c1-11(12,13)7-15-4-3-8-9(6-15)14-5-10(8)17(2)16/h5,14H,3-4,6-7H2,1-2H3. The fourth-order valence-electron chi connectivity index (χ4n) is 2.25. The second-order valence-electron chi connectivity index (χ2n) is 4.60. The molecule has 2 heterocycles. The van der Waals surface area contributed by atoms with Crippen LogP contribution in [0, 0.1) is 0 Å². The number of aromatic amines is 1. The van der Waals surface area contributed by atoms with E-state index in [4.69, 9.17) is 0 Å². The van der Waals surface area contributed by atoms with Gasteiger partial charge >= 0.3 is 0 Å². The van der Waals surface area contributed by atoms with Crippen molar-refractivity contribution in [1.82, 2.24) is 9.88 Å². The Labute approximate surface area is 102 Å². The Morgan fingerprint density at radius 3 is 2.88 bits per heavy atom. The lowest BCUT2D eigenvalue weighted by molar-refractivity contribution is -0.0182. The second kappa shape index (κ2) is 4.49. The minimum atomic E-state index is -2.67. The van der Waals surface area contributed by atoms with E-state index in [-0.39, 0.29) is 6.54 Å². The van der Waals surface area contributed by atoms with Gasteiger partial charge in [-0.05, 0) is 12.0 Å². The Hall–Kier alpha value is -0.750. The summed E-state index contributed by atoms with van der Waals surface area (Å²) >= 11 is 0. The quantitative estimate of drug-likeness (QED) is 0.901. The van der Waals surface area contributed by atoms with E-state index in [1.807, 2.05) is 0 Å². The Kier molecular flexibility index (Phi) is 3.36. The Morgan fingerprint density at radius 1 is 1.59 bits per heavy atom. The summed E-state index contributed by atoms with van der Waals surface area (Å²) in [5.41, 5.74) is 1.97. The van der Waals surface area contributed by atoms with E-state index in [2.05, 4.69) is 4.98 Å². The molecule has 1 aromatic rings. The van der Waals surface area contributed by atoms with Crippen LogP contribution in [-0.4, -0.2) is 39.4 Å². The van der Waals surface area contributed by atoms with Crippen molar-refractivity contribution in [3.63, 3.8) is 0 Å². The molecule has 0 aromatic carbocycles. The van der Waals surface area contributed by atoms with E-state index in [1.165, 1.54) is 0 Å². The van der Waals surface area contributed by atoms with Crippen LogP contribution in [0.4, 0.5) is 8.78 Å². The summed E-state index contributed by atoms with van der Waals surface area (Å²) in [6, 6.07) is 0. The van der Waals surface area contributed by atoms with Crippen LogP contribution in [-0.2, 0) is 23.8 Å². The van der Waals surface area contributed by atoms with Crippen LogP contribution in [0.15, 0.2) is 11.1 Å². The maximum Gasteiger partial charge on any atom is 0.257 e. The van der Waals surface area contributed by atoms with Gasteiger partial charge in [0.25, 0.3) is 5.92 Å². The van der Waals surface area contributed by atoms with Gasteiger partial charge in [-0.25, -0.2) is 8.78 Å². The predicted molar refractivity (Wildman–Crippen MR) is 62.7 cm³/mol. The van der Waals surface area contributed by atoms with Crippen molar-refractivity contribution in [3.05, 3.63) is 17.5 Å². The molecule has 1 unspecified atom stereocenters. The molecule has 96 valence electrons. The molecule has 0 fully saturated rings. The van der Waals surface area contributed by atoms with Crippen LogP contribution in [0.5, 0.6) is 0 Å². The smallest absolute Gasteiger partial charge is 0.257 e. The van der Waals surface area contributed by atoms with Crippen molar-refractivity contribution in [1.29, 1.82) is 0 Å². The fourth-order valence-corrected chi connectivity index (χ4v) is 3.04. The first kappa shape index (κ1) is 12.7. The van der Waals surface area contributed by atoms with E-state index in [0.29, 0.717) is 19.5 Å². The molecule has 1 aliphatic rings. The van der Waals surface area contributed by atoms with E-state index in [9.17, 15) is 13.0 Å². The van der Waals surface area contributed by atoms with Gasteiger partial charge in [-0.1, -0.05) is 0 Å². The fraction of sp³-hybridized carbons (Fsp3) is 0.636. The summed E-state index contributed by atoms with van der Waals surface area (Å²) < 4.78 is 37.3. The van der Waals surface area contributed by atoms with E-state index in [0.717, 1.165) is 23.1 Å². The SMILES string of the molecule is CS(=O)c1c[nH]c2c1CCN(CC(C)(F)F)C2. The molecule has 17 heavy (non-hydrogen) atoms. The molecule has 0 saturated heterocycles. The summed E-state index contributed by atoms with van der Waals surface area (Å²) in [5, 5.41) is 0. The van der Waals surface area contributed by atoms with Gasteiger partial charge in [-0.15, -0.1) is 0 Å². The molecule has 1 aliphatic heterocycles. The van der Waals surface area contributed by atoms with Crippen molar-refractivity contribution >= 4 is 10.8 Å². The van der Waals surface area contributed by atoms with Gasteiger partial charge < -0.3 is 4.98 Å². The van der Waals surface area contributed by atoms with Crippen molar-refractivity contribution in [2.75, 3.05) is 19.3 Å². The number of aromatic nitrogens is 1. The normalized spacial score (nSPS) is 19.1. The Balaban J connectivity index is 2.13. The zero-order chi connectivity index (χ0) is 12.6. The molecule has 6 heteroatoms. The minimum Gasteiger partial charge on any atom is -0.363 e. The number of nitrogens with one attached hydrogen (secondary N) is 1. The molecule has 0 aliphatic carbocycles. The molecule has 0 bridgehead atoms. The average Bonchev–Trinajstić information content (AvgIpc) is 2.57. The van der Waals surface area contributed by atoms with Crippen molar-refractivity contribution in [2.24, 2.45) is 0 Å². The van der Waals surface area contributed by atoms with Gasteiger partial charge in [0.15, 0.2) is 0 Å². The first-order chi connectivity index (χ1) is 7.87. The van der Waals surface area contributed by atoms with Crippen molar-refractivity contribution in [3.8, 4) is 0 Å². The first-order valence-electron chi connectivity index (χ1n) is 5.49. The number of hydrogen-bond acceptors (Lipinski definition) is 2. The summed E-state index contributed by atoms with van der Waals surface area (Å²) in [6.45, 7) is 1.79. The third-order valence-corrected chi connectivity index (χ3v) is 3.89. The number of fused-ring (bicyclic) bond motifs is 1. The van der Waals surface area contributed by atoms with Gasteiger partial charge in [-0.3, -0.25) is 9.11 Å². The Morgan fingerprint density at radius 2 is 2.29 bits per heavy atom. The molecule has 1 N–H and O–H groups in total. The monoisotopic (exact) mass is 262 g/mol. The van der Waals surface area contributed by atoms with Crippen LogP contribution in [0.2, 0.25) is 0 Å². The average molecular weight is 262 g/mol. The van der Waals surface area contributed by atoms with Gasteiger partial charge in [0.2, 0.25) is 0 Å². The van der Waals surface area contributed by atoms with Crippen molar-refractivity contribution in [2.45, 2.75) is 30.7 Å². The zero-order valence-corrected chi connectivity index (χ0v) is 10.7. The van der Waals surface area contributed by atoms with Gasteiger partial charge in [0.05, 0.1) is 22.2 Å². The van der Waals surface area contributed by atoms with E-state index >= 15 is 0 Å². The number of rotatable bonds is 3. The number of hydrogen-bond donors (Lipinski definition) is 1. The van der Waals surface area contributed by atoms with E-state index < -0.39 is 16.7 Å². The summed E-state index contributed by atoms with van der Waals surface area (Å²) in [5.74, 6) is -2.67.